The minimum atomic E-state index is -5.08. The highest BCUT2D eigenvalue weighted by atomic mass is 19.4. The third-order valence-corrected chi connectivity index (χ3v) is 5.39. The molecule has 0 bridgehead atoms. The second-order valence-corrected chi connectivity index (χ2v) is 8.56. The maximum atomic E-state index is 10.6. The standard InChI is InChI=1S/C19H24N2O3.2C2HF3O2/c1-15-5-6-17(23-15)12-21-9-3-7-19(14-21)10-18(13-22-19)24-16-4-2-8-20-11-16;2*3-2(4,5)1(6)7/h2,4-6,8,11,18H,3,7,9-10,12-14H2,1H3;2*(H,6,7). The molecule has 2 aromatic heterocycles. The largest absolute Gasteiger partial charge is 0.490 e. The van der Waals surface area contributed by atoms with Gasteiger partial charge in [-0.1, -0.05) is 0 Å². The van der Waals surface area contributed by atoms with Gasteiger partial charge in [-0.25, -0.2) is 9.59 Å². The van der Waals surface area contributed by atoms with E-state index in [1.165, 1.54) is 0 Å². The monoisotopic (exact) mass is 556 g/mol. The predicted molar refractivity (Wildman–Crippen MR) is 117 cm³/mol. The van der Waals surface area contributed by atoms with Crippen molar-refractivity contribution in [3.8, 4) is 5.75 Å². The van der Waals surface area contributed by atoms with Gasteiger partial charge in [0.25, 0.3) is 0 Å². The van der Waals surface area contributed by atoms with Crippen LogP contribution >= 0.6 is 0 Å². The van der Waals surface area contributed by atoms with Crippen LogP contribution < -0.4 is 4.74 Å². The predicted octanol–water partition coefficient (Wildman–Crippen LogP) is 4.45. The number of carboxylic acid groups (broad SMARTS) is 2. The number of alkyl halides is 6. The van der Waals surface area contributed by atoms with Crippen LogP contribution in [0.4, 0.5) is 26.3 Å². The molecule has 0 aromatic carbocycles. The summed E-state index contributed by atoms with van der Waals surface area (Å²) in [5.41, 5.74) is -0.0766. The fourth-order valence-corrected chi connectivity index (χ4v) is 3.89. The summed E-state index contributed by atoms with van der Waals surface area (Å²) >= 11 is 0. The molecule has 2 unspecified atom stereocenters. The Morgan fingerprint density at radius 3 is 2.26 bits per heavy atom. The second kappa shape index (κ2) is 13.0. The van der Waals surface area contributed by atoms with Crippen LogP contribution in [0, 0.1) is 6.92 Å². The molecule has 2 aliphatic heterocycles. The van der Waals surface area contributed by atoms with E-state index < -0.39 is 24.3 Å². The van der Waals surface area contributed by atoms with E-state index in [9.17, 15) is 26.3 Å². The van der Waals surface area contributed by atoms with Crippen LogP contribution in [0.15, 0.2) is 41.1 Å². The first-order valence-corrected chi connectivity index (χ1v) is 11.2. The quantitative estimate of drug-likeness (QED) is 0.526. The molecule has 4 rings (SSSR count). The maximum absolute atomic E-state index is 10.6. The molecule has 0 saturated carbocycles. The van der Waals surface area contributed by atoms with E-state index in [1.807, 2.05) is 25.1 Å². The molecular formula is C23H26F6N2O7. The summed E-state index contributed by atoms with van der Waals surface area (Å²) in [6.07, 6.45) is -3.34. The van der Waals surface area contributed by atoms with E-state index >= 15 is 0 Å². The van der Waals surface area contributed by atoms with E-state index in [2.05, 4.69) is 16.0 Å². The first-order valence-electron chi connectivity index (χ1n) is 11.2. The molecule has 2 aromatic rings. The molecule has 2 atom stereocenters. The minimum absolute atomic E-state index is 0.0766. The smallest absolute Gasteiger partial charge is 0.486 e. The molecule has 15 heteroatoms. The van der Waals surface area contributed by atoms with Crippen LogP contribution in [0.2, 0.25) is 0 Å². The van der Waals surface area contributed by atoms with Crippen LogP contribution in [0.5, 0.6) is 5.75 Å². The van der Waals surface area contributed by atoms with Gasteiger partial charge in [-0.2, -0.15) is 26.3 Å². The molecule has 1 spiro atoms. The summed E-state index contributed by atoms with van der Waals surface area (Å²) in [7, 11) is 0. The number of likely N-dealkylation sites (tertiary alicyclic amines) is 1. The lowest BCUT2D eigenvalue weighted by Crippen LogP contribution is -2.47. The lowest BCUT2D eigenvalue weighted by Gasteiger charge is -2.39. The topological polar surface area (TPSA) is 122 Å². The number of nitrogens with zero attached hydrogens (tertiary/aromatic N) is 2. The van der Waals surface area contributed by atoms with Gasteiger partial charge in [-0.3, -0.25) is 9.88 Å². The van der Waals surface area contributed by atoms with Gasteiger partial charge in [-0.05, 0) is 50.6 Å². The Morgan fingerprint density at radius 2 is 1.76 bits per heavy atom. The van der Waals surface area contributed by atoms with E-state index in [0.717, 1.165) is 56.2 Å². The number of carbonyl (C=O) groups is 2. The number of aliphatic carboxylic acids is 2. The second-order valence-electron chi connectivity index (χ2n) is 8.56. The van der Waals surface area contributed by atoms with Crippen LogP contribution in [0.1, 0.15) is 30.8 Å². The van der Waals surface area contributed by atoms with Crippen molar-refractivity contribution in [1.82, 2.24) is 9.88 Å². The summed E-state index contributed by atoms with van der Waals surface area (Å²) in [6.45, 7) is 5.54. The number of pyridine rings is 1. The molecular weight excluding hydrogens is 530 g/mol. The van der Waals surface area contributed by atoms with E-state index in [-0.39, 0.29) is 11.7 Å². The van der Waals surface area contributed by atoms with E-state index in [1.54, 1.807) is 12.4 Å². The molecule has 2 aliphatic rings. The fraction of sp³-hybridized carbons (Fsp3) is 0.522. The number of ether oxygens (including phenoxy) is 2. The summed E-state index contributed by atoms with van der Waals surface area (Å²) in [5, 5.41) is 14.2. The summed E-state index contributed by atoms with van der Waals surface area (Å²) < 4.78 is 81.5. The highest BCUT2D eigenvalue weighted by Crippen LogP contribution is 2.36. The third kappa shape index (κ3) is 10.2. The lowest BCUT2D eigenvalue weighted by molar-refractivity contribution is -0.193. The van der Waals surface area contributed by atoms with Crippen molar-refractivity contribution in [1.29, 1.82) is 0 Å². The summed E-state index contributed by atoms with van der Waals surface area (Å²) in [6, 6.07) is 7.94. The number of hydrogen-bond donors (Lipinski definition) is 2. The van der Waals surface area contributed by atoms with Gasteiger partial charge in [0.2, 0.25) is 0 Å². The van der Waals surface area contributed by atoms with Gasteiger partial charge >= 0.3 is 24.3 Å². The zero-order valence-corrected chi connectivity index (χ0v) is 20.1. The maximum Gasteiger partial charge on any atom is 0.490 e. The fourth-order valence-electron chi connectivity index (χ4n) is 3.89. The Hall–Kier alpha value is -3.33. The molecule has 38 heavy (non-hydrogen) atoms. The van der Waals surface area contributed by atoms with Gasteiger partial charge < -0.3 is 24.1 Å². The highest BCUT2D eigenvalue weighted by Gasteiger charge is 2.44. The average molecular weight is 556 g/mol. The highest BCUT2D eigenvalue weighted by molar-refractivity contribution is 5.73. The molecule has 0 radical (unpaired) electrons. The van der Waals surface area contributed by atoms with Crippen molar-refractivity contribution in [3.63, 3.8) is 0 Å². The number of aromatic nitrogens is 1. The molecule has 4 heterocycles. The Morgan fingerprint density at radius 1 is 1.13 bits per heavy atom. The number of piperidine rings is 1. The zero-order valence-electron chi connectivity index (χ0n) is 20.1. The number of rotatable bonds is 4. The van der Waals surface area contributed by atoms with Gasteiger partial charge in [-0.15, -0.1) is 0 Å². The van der Waals surface area contributed by atoms with Gasteiger partial charge in [0, 0.05) is 19.2 Å². The minimum Gasteiger partial charge on any atom is -0.486 e. The number of carboxylic acids is 2. The van der Waals surface area contributed by atoms with Crippen molar-refractivity contribution in [2.24, 2.45) is 0 Å². The Bertz CT molecular complexity index is 1020. The van der Waals surface area contributed by atoms with Crippen molar-refractivity contribution < 1.29 is 60.0 Å². The van der Waals surface area contributed by atoms with Gasteiger partial charge in [0.05, 0.1) is 24.9 Å². The first-order chi connectivity index (χ1) is 17.6. The van der Waals surface area contributed by atoms with Crippen molar-refractivity contribution in [3.05, 3.63) is 48.2 Å². The number of halogens is 6. The lowest BCUT2D eigenvalue weighted by atomic mass is 9.89. The van der Waals surface area contributed by atoms with Crippen molar-refractivity contribution in [2.75, 3.05) is 19.7 Å². The van der Waals surface area contributed by atoms with Gasteiger partial charge in [0.1, 0.15) is 23.4 Å². The molecule has 212 valence electrons. The Labute approximate surface area is 213 Å². The van der Waals surface area contributed by atoms with Gasteiger partial charge in [0.15, 0.2) is 0 Å². The molecule has 0 aliphatic carbocycles. The molecule has 2 N–H and O–H groups in total. The van der Waals surface area contributed by atoms with Crippen LogP contribution in [0.25, 0.3) is 0 Å². The number of furan rings is 1. The SMILES string of the molecule is Cc1ccc(CN2CCCC3(CC(Oc4cccnc4)CO3)C2)o1.O=C(O)C(F)(F)F.O=C(O)C(F)(F)F. The summed E-state index contributed by atoms with van der Waals surface area (Å²) in [5.74, 6) is -2.69. The molecule has 2 saturated heterocycles. The Balaban J connectivity index is 0.000000301. The van der Waals surface area contributed by atoms with E-state index in [4.69, 9.17) is 33.7 Å². The average Bonchev–Trinajstić information content (AvgIpc) is 3.39. The molecule has 2 fully saturated rings. The normalized spacial score (nSPS) is 21.6. The van der Waals surface area contributed by atoms with Crippen LogP contribution in [-0.2, 0) is 20.9 Å². The Kier molecular flexibility index (Phi) is 10.5. The summed E-state index contributed by atoms with van der Waals surface area (Å²) in [4.78, 5) is 24.3. The molecule has 0 amide bonds. The van der Waals surface area contributed by atoms with Crippen LogP contribution in [0.3, 0.4) is 0 Å². The van der Waals surface area contributed by atoms with Crippen molar-refractivity contribution >= 4 is 11.9 Å². The third-order valence-electron chi connectivity index (χ3n) is 5.39. The van der Waals surface area contributed by atoms with E-state index in [0.29, 0.717) is 6.61 Å². The molecule has 9 nitrogen and oxygen atoms in total. The van der Waals surface area contributed by atoms with Crippen molar-refractivity contribution in [2.45, 2.75) is 56.8 Å². The first kappa shape index (κ1) is 30.9. The number of aryl methyl sites for hydroxylation is 1. The zero-order chi connectivity index (χ0) is 28.6. The number of hydrogen-bond acceptors (Lipinski definition) is 7. The van der Waals surface area contributed by atoms with Crippen LogP contribution in [-0.4, -0.2) is 75.8 Å².